The summed E-state index contributed by atoms with van der Waals surface area (Å²) in [6.07, 6.45) is 3.84. The highest BCUT2D eigenvalue weighted by Gasteiger charge is 2.22. The Morgan fingerprint density at radius 2 is 1.83 bits per heavy atom. The molecule has 7 nitrogen and oxygen atoms in total. The van der Waals surface area contributed by atoms with E-state index in [-0.39, 0.29) is 5.75 Å². The Morgan fingerprint density at radius 3 is 2.69 bits per heavy atom. The minimum Gasteiger partial charge on any atom is -0.504 e. The van der Waals surface area contributed by atoms with E-state index in [1.165, 1.54) is 7.11 Å². The number of aryl methyl sites for hydroxylation is 1. The summed E-state index contributed by atoms with van der Waals surface area (Å²) < 4.78 is 10.9. The van der Waals surface area contributed by atoms with E-state index in [1.807, 2.05) is 24.3 Å². The third-order valence-electron chi connectivity index (χ3n) is 6.68. The highest BCUT2D eigenvalue weighted by molar-refractivity contribution is 6.04. The minimum absolute atomic E-state index is 0.0356. The van der Waals surface area contributed by atoms with Crippen LogP contribution in [0.15, 0.2) is 63.8 Å². The second-order valence-electron chi connectivity index (χ2n) is 8.78. The number of aromatic hydroxyl groups is 1. The van der Waals surface area contributed by atoms with Gasteiger partial charge in [0, 0.05) is 16.8 Å². The zero-order valence-corrected chi connectivity index (χ0v) is 19.2. The first-order valence-corrected chi connectivity index (χ1v) is 11.6. The predicted octanol–water partition coefficient (Wildman–Crippen LogP) is 5.25. The average Bonchev–Trinajstić information content (AvgIpc) is 2.88. The van der Waals surface area contributed by atoms with Crippen molar-refractivity contribution in [2.75, 3.05) is 12.8 Å². The largest absolute Gasteiger partial charge is 0.504 e. The first-order valence-electron chi connectivity index (χ1n) is 11.6. The van der Waals surface area contributed by atoms with Gasteiger partial charge in [0.1, 0.15) is 5.58 Å². The number of methoxy groups -OCH3 is 1. The van der Waals surface area contributed by atoms with Crippen LogP contribution in [0.3, 0.4) is 0 Å². The normalized spacial score (nSPS) is 13.2. The lowest BCUT2D eigenvalue weighted by Crippen LogP contribution is -2.11. The van der Waals surface area contributed by atoms with Crippen LogP contribution in [-0.2, 0) is 12.8 Å². The van der Waals surface area contributed by atoms with Gasteiger partial charge >= 0.3 is 5.63 Å². The van der Waals surface area contributed by atoms with Crippen LogP contribution in [0.4, 0.5) is 5.69 Å². The Balaban J connectivity index is 1.69. The number of anilines is 1. The molecular formula is C28H23N3O4. The molecule has 7 heteroatoms. The smallest absolute Gasteiger partial charge is 0.345 e. The van der Waals surface area contributed by atoms with E-state index >= 15 is 0 Å². The quantitative estimate of drug-likeness (QED) is 0.350. The molecule has 0 atom stereocenters. The van der Waals surface area contributed by atoms with Crippen molar-refractivity contribution >= 4 is 27.7 Å². The van der Waals surface area contributed by atoms with Crippen LogP contribution in [-0.4, -0.2) is 22.2 Å². The summed E-state index contributed by atoms with van der Waals surface area (Å²) in [4.78, 5) is 22.7. The number of fused-ring (bicyclic) bond motifs is 3. The van der Waals surface area contributed by atoms with Gasteiger partial charge in [-0.15, -0.1) is 0 Å². The van der Waals surface area contributed by atoms with E-state index in [2.05, 4.69) is 0 Å². The SMILES string of the molecule is COc1cc(-c2cc(-c3cc4ccccc4oc3=O)nc3nc4c(c(N)c23)CCCC4)ccc1O. The lowest BCUT2D eigenvalue weighted by Gasteiger charge is -2.20. The molecule has 35 heavy (non-hydrogen) atoms. The molecule has 3 heterocycles. The Labute approximate surface area is 200 Å². The van der Waals surface area contributed by atoms with E-state index in [1.54, 1.807) is 30.3 Å². The Bertz CT molecular complexity index is 1690. The van der Waals surface area contributed by atoms with Gasteiger partial charge < -0.3 is 20.0 Å². The molecule has 0 aliphatic heterocycles. The molecule has 1 aliphatic carbocycles. The van der Waals surface area contributed by atoms with Crippen LogP contribution < -0.4 is 16.1 Å². The van der Waals surface area contributed by atoms with Gasteiger partial charge in [0.25, 0.3) is 0 Å². The predicted molar refractivity (Wildman–Crippen MR) is 136 cm³/mol. The lowest BCUT2D eigenvalue weighted by molar-refractivity contribution is 0.373. The number of hydrogen-bond acceptors (Lipinski definition) is 7. The number of benzene rings is 2. The van der Waals surface area contributed by atoms with Gasteiger partial charge in [-0.2, -0.15) is 0 Å². The van der Waals surface area contributed by atoms with E-state index in [9.17, 15) is 9.90 Å². The van der Waals surface area contributed by atoms with E-state index in [0.717, 1.165) is 58.8 Å². The summed E-state index contributed by atoms with van der Waals surface area (Å²) in [6.45, 7) is 0. The number of aromatic nitrogens is 2. The van der Waals surface area contributed by atoms with E-state index < -0.39 is 5.63 Å². The number of nitrogen functional groups attached to an aromatic ring is 1. The molecule has 0 bridgehead atoms. The fraction of sp³-hybridized carbons (Fsp3) is 0.179. The molecule has 5 aromatic rings. The number of nitrogens with two attached hydrogens (primary N) is 1. The van der Waals surface area contributed by atoms with Crippen molar-refractivity contribution in [2.24, 2.45) is 0 Å². The van der Waals surface area contributed by atoms with Crippen LogP contribution in [0.25, 0.3) is 44.4 Å². The summed E-state index contributed by atoms with van der Waals surface area (Å²) in [6, 6.07) is 16.1. The highest BCUT2D eigenvalue weighted by Crippen LogP contribution is 2.40. The molecule has 0 spiro atoms. The zero-order valence-electron chi connectivity index (χ0n) is 19.2. The van der Waals surface area contributed by atoms with Crippen molar-refractivity contribution in [1.82, 2.24) is 9.97 Å². The topological polar surface area (TPSA) is 111 Å². The van der Waals surface area contributed by atoms with Gasteiger partial charge in [0.15, 0.2) is 17.1 Å². The maximum Gasteiger partial charge on any atom is 0.345 e. The van der Waals surface area contributed by atoms with Crippen LogP contribution in [0.5, 0.6) is 11.5 Å². The number of ether oxygens (including phenoxy) is 1. The lowest BCUT2D eigenvalue weighted by atomic mass is 9.91. The van der Waals surface area contributed by atoms with Crippen molar-refractivity contribution in [3.63, 3.8) is 0 Å². The average molecular weight is 466 g/mol. The van der Waals surface area contributed by atoms with Crippen LogP contribution in [0.1, 0.15) is 24.1 Å². The summed E-state index contributed by atoms with van der Waals surface area (Å²) >= 11 is 0. The number of hydrogen-bond donors (Lipinski definition) is 2. The zero-order chi connectivity index (χ0) is 24.1. The van der Waals surface area contributed by atoms with Crippen LogP contribution >= 0.6 is 0 Å². The third-order valence-corrected chi connectivity index (χ3v) is 6.68. The van der Waals surface area contributed by atoms with Crippen LogP contribution in [0.2, 0.25) is 0 Å². The first kappa shape index (κ1) is 21.2. The monoisotopic (exact) mass is 465 g/mol. The van der Waals surface area contributed by atoms with Crippen molar-refractivity contribution in [3.8, 4) is 33.9 Å². The van der Waals surface area contributed by atoms with Gasteiger partial charge in [-0.3, -0.25) is 0 Å². The molecule has 0 amide bonds. The van der Waals surface area contributed by atoms with Crippen molar-refractivity contribution in [3.05, 3.63) is 76.3 Å². The molecule has 0 unspecified atom stereocenters. The number of phenols is 1. The first-order chi connectivity index (χ1) is 17.0. The molecule has 174 valence electrons. The summed E-state index contributed by atoms with van der Waals surface area (Å²) in [7, 11) is 1.50. The van der Waals surface area contributed by atoms with Gasteiger partial charge in [-0.25, -0.2) is 14.8 Å². The Morgan fingerprint density at radius 1 is 1.00 bits per heavy atom. The number of nitrogens with zero attached hydrogens (tertiary/aromatic N) is 2. The third kappa shape index (κ3) is 3.47. The highest BCUT2D eigenvalue weighted by atomic mass is 16.5. The van der Waals surface area contributed by atoms with Gasteiger partial charge in [-0.05, 0) is 72.7 Å². The molecule has 1 aliphatic rings. The second kappa shape index (κ2) is 8.13. The fourth-order valence-corrected chi connectivity index (χ4v) is 4.91. The maximum absolute atomic E-state index is 13.0. The fourth-order valence-electron chi connectivity index (χ4n) is 4.91. The van der Waals surface area contributed by atoms with Gasteiger partial charge in [0.05, 0.1) is 23.8 Å². The maximum atomic E-state index is 13.0. The van der Waals surface area contributed by atoms with E-state index in [4.69, 9.17) is 24.9 Å². The van der Waals surface area contributed by atoms with Gasteiger partial charge in [0.2, 0.25) is 0 Å². The number of phenolic OH excluding ortho intramolecular Hbond substituents is 1. The van der Waals surface area contributed by atoms with Crippen molar-refractivity contribution in [2.45, 2.75) is 25.7 Å². The molecule has 3 aromatic heterocycles. The molecule has 0 saturated carbocycles. The summed E-state index contributed by atoms with van der Waals surface area (Å²) in [5.74, 6) is 0.372. The summed E-state index contributed by atoms with van der Waals surface area (Å²) in [5.41, 5.74) is 12.3. The second-order valence-corrected chi connectivity index (χ2v) is 8.78. The number of para-hydroxylation sites is 1. The molecule has 3 N–H and O–H groups in total. The molecule has 6 rings (SSSR count). The number of pyridine rings is 2. The van der Waals surface area contributed by atoms with Gasteiger partial charge in [-0.1, -0.05) is 24.3 Å². The Kier molecular flexibility index (Phi) is 4.91. The van der Waals surface area contributed by atoms with E-state index in [0.29, 0.717) is 33.9 Å². The summed E-state index contributed by atoms with van der Waals surface area (Å²) in [5, 5.41) is 11.7. The molecular weight excluding hydrogens is 442 g/mol. The molecule has 2 aromatic carbocycles. The van der Waals surface area contributed by atoms with Crippen LogP contribution in [0, 0.1) is 0 Å². The molecule has 0 saturated heterocycles. The standard InChI is InChI=1S/C28H23N3O4/c1-34-24-13-15(10-11-22(24)32)18-14-21(19-12-16-6-2-5-9-23(16)35-28(19)33)31-27-25(18)26(29)17-7-3-4-8-20(17)30-27/h2,5-6,9-14,32H,3-4,7-8H2,1H3,(H2,29,30,31). The molecule has 0 radical (unpaired) electrons. The molecule has 0 fully saturated rings. The van der Waals surface area contributed by atoms with Crippen molar-refractivity contribution < 1.29 is 14.3 Å². The Hall–Kier alpha value is -4.39. The minimum atomic E-state index is -0.476. The van der Waals surface area contributed by atoms with Crippen molar-refractivity contribution in [1.29, 1.82) is 0 Å². The number of rotatable bonds is 3.